The largest absolute Gasteiger partial charge is 0.396 e. The molecule has 1 rings (SSSR count). The summed E-state index contributed by atoms with van der Waals surface area (Å²) in [5, 5.41) is 14.3. The second-order valence-electron chi connectivity index (χ2n) is 2.73. The van der Waals surface area contributed by atoms with Crippen molar-refractivity contribution in [2.45, 2.75) is 13.3 Å². The Morgan fingerprint density at radius 3 is 3.07 bits per heavy atom. The van der Waals surface area contributed by atoms with Gasteiger partial charge in [0.2, 0.25) is 0 Å². The van der Waals surface area contributed by atoms with Crippen molar-refractivity contribution in [1.29, 1.82) is 0 Å². The maximum absolute atomic E-state index is 11.2. The lowest BCUT2D eigenvalue weighted by molar-refractivity contribution is 0.249. The number of thiazole rings is 1. The van der Waals surface area contributed by atoms with Crippen LogP contribution in [0.5, 0.6) is 0 Å². The van der Waals surface area contributed by atoms with Gasteiger partial charge in [-0.3, -0.25) is 5.32 Å². The lowest BCUT2D eigenvalue weighted by atomic mass is 10.4. The van der Waals surface area contributed by atoms with Crippen molar-refractivity contribution in [1.82, 2.24) is 10.3 Å². The fraction of sp³-hybridized carbons (Fsp3) is 0.500. The summed E-state index contributed by atoms with van der Waals surface area (Å²) in [5.41, 5.74) is 0. The number of hydrogen-bond donors (Lipinski definition) is 3. The van der Waals surface area contributed by atoms with Gasteiger partial charge in [0, 0.05) is 24.2 Å². The van der Waals surface area contributed by atoms with Gasteiger partial charge < -0.3 is 10.4 Å². The molecule has 0 aliphatic heterocycles. The van der Waals surface area contributed by atoms with Gasteiger partial charge in [0.15, 0.2) is 5.13 Å². The van der Waals surface area contributed by atoms with Crippen LogP contribution in [-0.4, -0.2) is 29.3 Å². The maximum Gasteiger partial charge on any atom is 0.321 e. The molecule has 0 saturated carbocycles. The van der Waals surface area contributed by atoms with Crippen LogP contribution < -0.4 is 10.6 Å². The standard InChI is InChI=1S/C8H13N3O2S/c1-6-5-10-8(14-6)11-7(13)9-3-2-4-12/h5,12H,2-4H2,1H3,(H2,9,10,11,13). The first-order chi connectivity index (χ1) is 6.72. The Bertz CT molecular complexity index is 301. The minimum absolute atomic E-state index is 0.0800. The zero-order valence-electron chi connectivity index (χ0n) is 7.91. The molecule has 0 aliphatic carbocycles. The number of aliphatic hydroxyl groups is 1. The van der Waals surface area contributed by atoms with Gasteiger partial charge in [-0.15, -0.1) is 11.3 Å². The topological polar surface area (TPSA) is 74.2 Å². The molecule has 3 N–H and O–H groups in total. The van der Waals surface area contributed by atoms with E-state index >= 15 is 0 Å². The monoisotopic (exact) mass is 215 g/mol. The summed E-state index contributed by atoms with van der Waals surface area (Å²) in [6.45, 7) is 2.47. The lowest BCUT2D eigenvalue weighted by Crippen LogP contribution is -2.29. The smallest absolute Gasteiger partial charge is 0.321 e. The molecule has 14 heavy (non-hydrogen) atoms. The van der Waals surface area contributed by atoms with Gasteiger partial charge in [0.25, 0.3) is 0 Å². The number of amides is 2. The summed E-state index contributed by atoms with van der Waals surface area (Å²) >= 11 is 1.42. The van der Waals surface area contributed by atoms with E-state index in [1.165, 1.54) is 11.3 Å². The van der Waals surface area contributed by atoms with E-state index < -0.39 is 0 Å². The number of carbonyl (C=O) groups is 1. The summed E-state index contributed by atoms with van der Waals surface area (Å²) < 4.78 is 0. The van der Waals surface area contributed by atoms with Gasteiger partial charge in [-0.2, -0.15) is 0 Å². The van der Waals surface area contributed by atoms with Crippen LogP contribution in [0.1, 0.15) is 11.3 Å². The Labute approximate surface area is 86.2 Å². The van der Waals surface area contributed by atoms with E-state index in [2.05, 4.69) is 15.6 Å². The van der Waals surface area contributed by atoms with Crippen LogP contribution in [0.15, 0.2) is 6.20 Å². The zero-order valence-corrected chi connectivity index (χ0v) is 8.73. The number of nitrogens with one attached hydrogen (secondary N) is 2. The average Bonchev–Trinajstić information content (AvgIpc) is 2.52. The molecule has 5 nitrogen and oxygen atoms in total. The average molecular weight is 215 g/mol. The van der Waals surface area contributed by atoms with Gasteiger partial charge in [0.05, 0.1) is 0 Å². The van der Waals surface area contributed by atoms with E-state index in [9.17, 15) is 4.79 Å². The van der Waals surface area contributed by atoms with Gasteiger partial charge in [-0.05, 0) is 13.3 Å². The highest BCUT2D eigenvalue weighted by Gasteiger charge is 2.03. The lowest BCUT2D eigenvalue weighted by Gasteiger charge is -2.03. The molecule has 78 valence electrons. The van der Waals surface area contributed by atoms with E-state index in [4.69, 9.17) is 5.11 Å². The third kappa shape index (κ3) is 3.71. The van der Waals surface area contributed by atoms with E-state index in [1.54, 1.807) is 6.20 Å². The Kier molecular flexibility index (Phi) is 4.34. The highest BCUT2D eigenvalue weighted by molar-refractivity contribution is 7.15. The van der Waals surface area contributed by atoms with Gasteiger partial charge in [-0.1, -0.05) is 0 Å². The molecule has 0 bridgehead atoms. The first-order valence-electron chi connectivity index (χ1n) is 4.30. The Morgan fingerprint density at radius 1 is 1.71 bits per heavy atom. The molecule has 0 radical (unpaired) electrons. The van der Waals surface area contributed by atoms with E-state index in [1.807, 2.05) is 6.92 Å². The van der Waals surface area contributed by atoms with Crippen molar-refractivity contribution in [3.8, 4) is 0 Å². The highest BCUT2D eigenvalue weighted by atomic mass is 32.1. The SMILES string of the molecule is Cc1cnc(NC(=O)NCCCO)s1. The molecule has 1 aromatic heterocycles. The molecule has 1 aromatic rings. The van der Waals surface area contributed by atoms with Crippen LogP contribution in [0.4, 0.5) is 9.93 Å². The number of aliphatic hydroxyl groups excluding tert-OH is 1. The second kappa shape index (κ2) is 5.56. The van der Waals surface area contributed by atoms with Crippen molar-refractivity contribution in [3.63, 3.8) is 0 Å². The summed E-state index contributed by atoms with van der Waals surface area (Å²) in [5.74, 6) is 0. The van der Waals surface area contributed by atoms with Crippen molar-refractivity contribution in [2.24, 2.45) is 0 Å². The predicted octanol–water partition coefficient (Wildman–Crippen LogP) is 0.955. The van der Waals surface area contributed by atoms with E-state index in [0.29, 0.717) is 18.1 Å². The van der Waals surface area contributed by atoms with Crippen LogP contribution in [0.2, 0.25) is 0 Å². The minimum Gasteiger partial charge on any atom is -0.396 e. The highest BCUT2D eigenvalue weighted by Crippen LogP contribution is 2.15. The number of urea groups is 1. The molecule has 6 heteroatoms. The molecule has 0 saturated heterocycles. The molecule has 1 heterocycles. The van der Waals surface area contributed by atoms with Crippen LogP contribution >= 0.6 is 11.3 Å². The number of rotatable bonds is 4. The van der Waals surface area contributed by atoms with Gasteiger partial charge >= 0.3 is 6.03 Å². The van der Waals surface area contributed by atoms with Crippen LogP contribution in [0, 0.1) is 6.92 Å². The normalized spacial score (nSPS) is 9.86. The van der Waals surface area contributed by atoms with Crippen LogP contribution in [0.3, 0.4) is 0 Å². The van der Waals surface area contributed by atoms with E-state index in [0.717, 1.165) is 4.88 Å². The first kappa shape index (κ1) is 10.9. The molecular formula is C8H13N3O2S. The Balaban J connectivity index is 2.27. The predicted molar refractivity (Wildman–Crippen MR) is 55.6 cm³/mol. The molecule has 0 spiro atoms. The van der Waals surface area contributed by atoms with Crippen LogP contribution in [0.25, 0.3) is 0 Å². The van der Waals surface area contributed by atoms with Crippen molar-refractivity contribution < 1.29 is 9.90 Å². The summed E-state index contributed by atoms with van der Waals surface area (Å²) in [7, 11) is 0. The second-order valence-corrected chi connectivity index (χ2v) is 3.97. The van der Waals surface area contributed by atoms with Crippen molar-refractivity contribution in [2.75, 3.05) is 18.5 Å². The fourth-order valence-corrected chi connectivity index (χ4v) is 1.49. The van der Waals surface area contributed by atoms with Crippen LogP contribution in [-0.2, 0) is 0 Å². The number of carbonyl (C=O) groups excluding carboxylic acids is 1. The number of hydrogen-bond acceptors (Lipinski definition) is 4. The van der Waals surface area contributed by atoms with Gasteiger partial charge in [-0.25, -0.2) is 9.78 Å². The summed E-state index contributed by atoms with van der Waals surface area (Å²) in [6.07, 6.45) is 2.26. The molecule has 0 fully saturated rings. The molecule has 2 amide bonds. The molecular weight excluding hydrogens is 202 g/mol. The Morgan fingerprint density at radius 2 is 2.50 bits per heavy atom. The summed E-state index contributed by atoms with van der Waals surface area (Å²) in [6, 6.07) is -0.284. The first-order valence-corrected chi connectivity index (χ1v) is 5.12. The quantitative estimate of drug-likeness (QED) is 0.655. The molecule has 0 aromatic carbocycles. The number of anilines is 1. The fourth-order valence-electron chi connectivity index (χ4n) is 0.835. The van der Waals surface area contributed by atoms with E-state index in [-0.39, 0.29) is 12.6 Å². The summed E-state index contributed by atoms with van der Waals surface area (Å²) in [4.78, 5) is 16.2. The Hall–Kier alpha value is -1.14. The molecule has 0 atom stereocenters. The number of aryl methyl sites for hydroxylation is 1. The number of nitrogens with zero attached hydrogens (tertiary/aromatic N) is 1. The molecule has 0 unspecified atom stereocenters. The molecule has 0 aliphatic rings. The maximum atomic E-state index is 11.2. The third-order valence-electron chi connectivity index (χ3n) is 1.46. The van der Waals surface area contributed by atoms with Crippen molar-refractivity contribution >= 4 is 22.5 Å². The third-order valence-corrected chi connectivity index (χ3v) is 2.29. The van der Waals surface area contributed by atoms with Crippen molar-refractivity contribution in [3.05, 3.63) is 11.1 Å². The zero-order chi connectivity index (χ0) is 10.4. The van der Waals surface area contributed by atoms with Gasteiger partial charge in [0.1, 0.15) is 0 Å². The minimum atomic E-state index is -0.284. The number of aromatic nitrogens is 1.